The molecule has 3 rings (SSSR count). The van der Waals surface area contributed by atoms with Crippen molar-refractivity contribution in [1.82, 2.24) is 20.2 Å². The van der Waals surface area contributed by atoms with E-state index >= 15 is 0 Å². The maximum atomic E-state index is 12.6. The summed E-state index contributed by atoms with van der Waals surface area (Å²) in [5.74, 6) is -2.97. The van der Waals surface area contributed by atoms with Gasteiger partial charge >= 0.3 is 5.76 Å². The highest BCUT2D eigenvalue weighted by atomic mass is 32.2. The molecule has 1 heterocycles. The number of sulfone groups is 1. The third kappa shape index (κ3) is 4.16. The Balaban J connectivity index is 1.76. The summed E-state index contributed by atoms with van der Waals surface area (Å²) in [7, 11) is -4.58. The molecule has 0 aliphatic heterocycles. The summed E-state index contributed by atoms with van der Waals surface area (Å²) < 4.78 is 49.7. The summed E-state index contributed by atoms with van der Waals surface area (Å²) in [6.45, 7) is 3.98. The van der Waals surface area contributed by atoms with Crippen molar-refractivity contribution in [3.63, 3.8) is 0 Å². The van der Waals surface area contributed by atoms with E-state index in [-0.39, 0.29) is 0 Å². The molecule has 1 aromatic heterocycles. The minimum Gasteiger partial charge on any atom is -0.218 e. The molecule has 0 unspecified atom stereocenters. The molecule has 3 aromatic rings. The van der Waals surface area contributed by atoms with Crippen LogP contribution in [0.25, 0.3) is 5.69 Å². The zero-order valence-electron chi connectivity index (χ0n) is 14.5. The van der Waals surface area contributed by atoms with Crippen LogP contribution in [0.5, 0.6) is 0 Å². The second-order valence-corrected chi connectivity index (χ2v) is 8.76. The first-order valence-corrected chi connectivity index (χ1v) is 10.4. The standard InChI is InChI=1S/C17H16F2N4O2S2/c1-11-3-8-15(12(2)9-11)23-17(20-21-22-23)26-10-13-4-6-14(7-5-13)27(24,25)16(18)19/h3-9,16H,10H2,1-2H3. The first-order valence-electron chi connectivity index (χ1n) is 7.89. The van der Waals surface area contributed by atoms with Gasteiger partial charge in [-0.2, -0.15) is 13.5 Å². The Bertz CT molecular complexity index is 1050. The van der Waals surface area contributed by atoms with E-state index in [1.807, 2.05) is 32.0 Å². The molecular formula is C17H16F2N4O2S2. The second-order valence-electron chi connectivity index (χ2n) is 5.90. The van der Waals surface area contributed by atoms with E-state index in [4.69, 9.17) is 0 Å². The lowest BCUT2D eigenvalue weighted by atomic mass is 10.1. The average Bonchev–Trinajstić information content (AvgIpc) is 3.08. The number of nitrogens with zero attached hydrogens (tertiary/aromatic N) is 4. The minimum atomic E-state index is -4.58. The Morgan fingerprint density at radius 2 is 1.81 bits per heavy atom. The van der Waals surface area contributed by atoms with Crippen molar-refractivity contribution in [3.8, 4) is 5.69 Å². The van der Waals surface area contributed by atoms with Gasteiger partial charge in [0.15, 0.2) is 0 Å². The molecule has 0 aliphatic rings. The van der Waals surface area contributed by atoms with Crippen molar-refractivity contribution in [2.24, 2.45) is 0 Å². The third-order valence-electron chi connectivity index (χ3n) is 3.88. The molecule has 10 heteroatoms. The lowest BCUT2D eigenvalue weighted by Gasteiger charge is -2.08. The van der Waals surface area contributed by atoms with Crippen molar-refractivity contribution < 1.29 is 17.2 Å². The first kappa shape index (κ1) is 19.4. The van der Waals surface area contributed by atoms with Crippen LogP contribution in [0, 0.1) is 13.8 Å². The molecule has 0 bridgehead atoms. The van der Waals surface area contributed by atoms with E-state index in [0.717, 1.165) is 22.4 Å². The van der Waals surface area contributed by atoms with Gasteiger partial charge < -0.3 is 0 Å². The number of hydrogen-bond acceptors (Lipinski definition) is 6. The number of hydrogen-bond donors (Lipinski definition) is 0. The smallest absolute Gasteiger partial charge is 0.218 e. The molecule has 0 fully saturated rings. The summed E-state index contributed by atoms with van der Waals surface area (Å²) in [5, 5.41) is 12.3. The van der Waals surface area contributed by atoms with Crippen molar-refractivity contribution in [3.05, 3.63) is 59.2 Å². The second kappa shape index (κ2) is 7.73. The van der Waals surface area contributed by atoms with Gasteiger partial charge in [0.1, 0.15) is 0 Å². The lowest BCUT2D eigenvalue weighted by Crippen LogP contribution is -2.11. The number of halogens is 2. The summed E-state index contributed by atoms with van der Waals surface area (Å²) >= 11 is 1.36. The molecule has 0 saturated heterocycles. The van der Waals surface area contributed by atoms with Crippen LogP contribution in [0.1, 0.15) is 16.7 Å². The summed E-state index contributed by atoms with van der Waals surface area (Å²) in [6, 6.07) is 11.3. The van der Waals surface area contributed by atoms with Gasteiger partial charge in [0.05, 0.1) is 10.6 Å². The number of thioether (sulfide) groups is 1. The van der Waals surface area contributed by atoms with Crippen LogP contribution in [0.2, 0.25) is 0 Å². The van der Waals surface area contributed by atoms with Crippen LogP contribution in [0.4, 0.5) is 8.78 Å². The zero-order valence-corrected chi connectivity index (χ0v) is 16.1. The largest absolute Gasteiger partial charge is 0.341 e. The fourth-order valence-electron chi connectivity index (χ4n) is 2.49. The molecule has 0 N–H and O–H groups in total. The Hall–Kier alpha value is -2.33. The summed E-state index contributed by atoms with van der Waals surface area (Å²) in [5.41, 5.74) is 3.80. The topological polar surface area (TPSA) is 77.7 Å². The number of tetrazole rings is 1. The monoisotopic (exact) mass is 410 g/mol. The quantitative estimate of drug-likeness (QED) is 0.578. The van der Waals surface area contributed by atoms with Gasteiger partial charge in [0.2, 0.25) is 15.0 Å². The van der Waals surface area contributed by atoms with Gasteiger partial charge in [-0.3, -0.25) is 0 Å². The zero-order chi connectivity index (χ0) is 19.6. The van der Waals surface area contributed by atoms with Gasteiger partial charge in [-0.15, -0.1) is 5.10 Å². The van der Waals surface area contributed by atoms with E-state index in [2.05, 4.69) is 15.5 Å². The van der Waals surface area contributed by atoms with Crippen LogP contribution in [-0.2, 0) is 15.6 Å². The minimum absolute atomic E-state index is 0.397. The highest BCUT2D eigenvalue weighted by molar-refractivity contribution is 7.98. The predicted molar refractivity (Wildman–Crippen MR) is 97.8 cm³/mol. The van der Waals surface area contributed by atoms with Crippen LogP contribution in [0.3, 0.4) is 0 Å². The van der Waals surface area contributed by atoms with Gasteiger partial charge in [-0.05, 0) is 53.6 Å². The van der Waals surface area contributed by atoms with Crippen LogP contribution in [-0.4, -0.2) is 34.4 Å². The van der Waals surface area contributed by atoms with E-state index in [9.17, 15) is 17.2 Å². The highest BCUT2D eigenvalue weighted by Gasteiger charge is 2.26. The molecular weight excluding hydrogens is 394 g/mol. The molecule has 0 radical (unpaired) electrons. The number of alkyl halides is 2. The van der Waals surface area contributed by atoms with Gasteiger partial charge in [-0.25, -0.2) is 8.42 Å². The fourth-order valence-corrected chi connectivity index (χ4v) is 4.05. The van der Waals surface area contributed by atoms with Crippen LogP contribution in [0.15, 0.2) is 52.5 Å². The molecule has 0 amide bonds. The molecule has 27 heavy (non-hydrogen) atoms. The lowest BCUT2D eigenvalue weighted by molar-refractivity contribution is 0.234. The number of rotatable bonds is 6. The molecule has 2 aromatic carbocycles. The molecule has 0 atom stereocenters. The third-order valence-corrected chi connectivity index (χ3v) is 6.26. The summed E-state index contributed by atoms with van der Waals surface area (Å²) in [4.78, 5) is -0.397. The van der Waals surface area contributed by atoms with E-state index in [1.165, 1.54) is 36.0 Å². The normalized spacial score (nSPS) is 11.9. The van der Waals surface area contributed by atoms with Crippen LogP contribution >= 0.6 is 11.8 Å². The van der Waals surface area contributed by atoms with E-state index in [0.29, 0.717) is 10.9 Å². The van der Waals surface area contributed by atoms with Crippen molar-refractivity contribution in [2.75, 3.05) is 0 Å². The Kier molecular flexibility index (Phi) is 5.56. The van der Waals surface area contributed by atoms with Crippen molar-refractivity contribution >= 4 is 21.6 Å². The average molecular weight is 410 g/mol. The number of aryl methyl sites for hydroxylation is 2. The maximum Gasteiger partial charge on any atom is 0.341 e. The number of benzene rings is 2. The molecule has 0 saturated carbocycles. The van der Waals surface area contributed by atoms with E-state index < -0.39 is 20.5 Å². The molecule has 0 aliphatic carbocycles. The fraction of sp³-hybridized carbons (Fsp3) is 0.235. The Labute approximate surface area is 159 Å². The van der Waals surface area contributed by atoms with Crippen molar-refractivity contribution in [2.45, 2.75) is 35.4 Å². The Morgan fingerprint density at radius 1 is 1.11 bits per heavy atom. The highest BCUT2D eigenvalue weighted by Crippen LogP contribution is 2.25. The molecule has 142 valence electrons. The van der Waals surface area contributed by atoms with Crippen molar-refractivity contribution in [1.29, 1.82) is 0 Å². The van der Waals surface area contributed by atoms with E-state index in [1.54, 1.807) is 4.68 Å². The summed E-state index contributed by atoms with van der Waals surface area (Å²) in [6.07, 6.45) is 0. The molecule has 0 spiro atoms. The van der Waals surface area contributed by atoms with Gasteiger partial charge in [0, 0.05) is 5.75 Å². The Morgan fingerprint density at radius 3 is 2.44 bits per heavy atom. The predicted octanol–water partition coefficient (Wildman–Crippen LogP) is 3.57. The molecule has 6 nitrogen and oxygen atoms in total. The van der Waals surface area contributed by atoms with Gasteiger partial charge in [0.25, 0.3) is 0 Å². The van der Waals surface area contributed by atoms with Crippen LogP contribution < -0.4 is 0 Å². The number of aromatic nitrogens is 4. The van der Waals surface area contributed by atoms with Gasteiger partial charge in [-0.1, -0.05) is 41.6 Å². The SMILES string of the molecule is Cc1ccc(-n2nnnc2SCc2ccc(S(=O)(=O)C(F)F)cc2)c(C)c1. The maximum absolute atomic E-state index is 12.6. The first-order chi connectivity index (χ1) is 12.8.